The molecule has 0 aliphatic heterocycles. The summed E-state index contributed by atoms with van der Waals surface area (Å²) in [6.07, 6.45) is 1.62. The van der Waals surface area contributed by atoms with Gasteiger partial charge in [-0.1, -0.05) is 30.3 Å². The van der Waals surface area contributed by atoms with Gasteiger partial charge in [0.1, 0.15) is 5.76 Å². The van der Waals surface area contributed by atoms with Crippen molar-refractivity contribution >= 4 is 16.9 Å². The number of aromatic nitrogens is 3. The molecule has 3 aromatic heterocycles. The molecule has 3 heterocycles. The lowest BCUT2D eigenvalue weighted by Crippen LogP contribution is -2.29. The predicted molar refractivity (Wildman–Crippen MR) is 108 cm³/mol. The van der Waals surface area contributed by atoms with E-state index in [4.69, 9.17) is 9.40 Å². The highest BCUT2D eigenvalue weighted by Gasteiger charge is 2.25. The smallest absolute Gasteiger partial charge is 0.255 e. The number of rotatable bonds is 4. The molecule has 0 spiro atoms. The van der Waals surface area contributed by atoms with Crippen LogP contribution in [0.1, 0.15) is 34.8 Å². The van der Waals surface area contributed by atoms with Crippen molar-refractivity contribution in [2.75, 3.05) is 7.05 Å². The van der Waals surface area contributed by atoms with Crippen molar-refractivity contribution in [3.8, 4) is 11.3 Å². The fourth-order valence-corrected chi connectivity index (χ4v) is 3.46. The van der Waals surface area contributed by atoms with Crippen LogP contribution in [0, 0.1) is 6.92 Å². The number of hydrogen-bond donors (Lipinski definition) is 0. The third kappa shape index (κ3) is 2.97. The van der Waals surface area contributed by atoms with E-state index in [9.17, 15) is 4.79 Å². The van der Waals surface area contributed by atoms with Gasteiger partial charge in [0.15, 0.2) is 5.65 Å². The average Bonchev–Trinajstić information content (AvgIpc) is 3.35. The molecule has 6 heteroatoms. The van der Waals surface area contributed by atoms with Gasteiger partial charge >= 0.3 is 0 Å². The molecule has 0 aliphatic carbocycles. The lowest BCUT2D eigenvalue weighted by molar-refractivity contribution is 0.0728. The quantitative estimate of drug-likeness (QED) is 0.532. The third-order valence-corrected chi connectivity index (χ3v) is 5.12. The fourth-order valence-electron chi connectivity index (χ4n) is 3.46. The maximum atomic E-state index is 13.5. The van der Waals surface area contributed by atoms with E-state index < -0.39 is 0 Å². The van der Waals surface area contributed by atoms with Gasteiger partial charge in [0.05, 0.1) is 34.6 Å². The van der Waals surface area contributed by atoms with Gasteiger partial charge in [-0.05, 0) is 32.0 Å². The van der Waals surface area contributed by atoms with Crippen molar-refractivity contribution in [2.24, 2.45) is 7.05 Å². The molecule has 1 amide bonds. The molecule has 0 radical (unpaired) electrons. The van der Waals surface area contributed by atoms with E-state index >= 15 is 0 Å². The Bertz CT molecular complexity index is 1130. The summed E-state index contributed by atoms with van der Waals surface area (Å²) < 4.78 is 7.21. The Morgan fingerprint density at radius 3 is 2.61 bits per heavy atom. The summed E-state index contributed by atoms with van der Waals surface area (Å²) in [5, 5.41) is 5.27. The number of furan rings is 1. The van der Waals surface area contributed by atoms with E-state index in [1.807, 2.05) is 69.4 Å². The molecule has 1 atom stereocenters. The normalized spacial score (nSPS) is 12.3. The SMILES string of the molecule is Cc1nn(C)c2nc(-c3ccccc3)cc(C(=O)N(C)C(C)c3ccco3)c12. The van der Waals surface area contributed by atoms with Crippen LogP contribution in [-0.2, 0) is 7.05 Å². The molecule has 1 aromatic carbocycles. The second-order valence-electron chi connectivity index (χ2n) is 6.94. The molecule has 6 nitrogen and oxygen atoms in total. The number of aryl methyl sites for hydroxylation is 2. The molecule has 0 fully saturated rings. The van der Waals surface area contributed by atoms with Crippen LogP contribution < -0.4 is 0 Å². The molecular weight excluding hydrogens is 352 g/mol. The summed E-state index contributed by atoms with van der Waals surface area (Å²) in [6, 6.07) is 15.2. The summed E-state index contributed by atoms with van der Waals surface area (Å²) >= 11 is 0. The van der Waals surface area contributed by atoms with Gasteiger partial charge in [0.25, 0.3) is 5.91 Å². The number of benzene rings is 1. The van der Waals surface area contributed by atoms with Crippen molar-refractivity contribution in [1.29, 1.82) is 0 Å². The first-order chi connectivity index (χ1) is 13.5. The molecule has 4 rings (SSSR count). The monoisotopic (exact) mass is 374 g/mol. The Hall–Kier alpha value is -3.41. The van der Waals surface area contributed by atoms with Crippen LogP contribution in [0.25, 0.3) is 22.3 Å². The van der Waals surface area contributed by atoms with Crippen LogP contribution >= 0.6 is 0 Å². The topological polar surface area (TPSA) is 64.2 Å². The van der Waals surface area contributed by atoms with E-state index in [1.165, 1.54) is 0 Å². The number of carbonyl (C=O) groups is 1. The largest absolute Gasteiger partial charge is 0.467 e. The van der Waals surface area contributed by atoms with E-state index in [1.54, 1.807) is 22.9 Å². The Labute approximate surface area is 163 Å². The number of pyridine rings is 1. The van der Waals surface area contributed by atoms with E-state index in [-0.39, 0.29) is 11.9 Å². The Balaban J connectivity index is 1.86. The first-order valence-corrected chi connectivity index (χ1v) is 9.17. The summed E-state index contributed by atoms with van der Waals surface area (Å²) in [5.74, 6) is 0.650. The van der Waals surface area contributed by atoms with E-state index in [0.717, 1.165) is 28.1 Å². The zero-order valence-corrected chi connectivity index (χ0v) is 16.4. The number of fused-ring (bicyclic) bond motifs is 1. The van der Waals surface area contributed by atoms with Gasteiger partial charge in [0.2, 0.25) is 0 Å². The minimum absolute atomic E-state index is 0.0930. The third-order valence-electron chi connectivity index (χ3n) is 5.12. The lowest BCUT2D eigenvalue weighted by Gasteiger charge is -2.24. The lowest BCUT2D eigenvalue weighted by atomic mass is 10.0. The van der Waals surface area contributed by atoms with Crippen LogP contribution in [0.15, 0.2) is 59.2 Å². The average molecular weight is 374 g/mol. The van der Waals surface area contributed by atoms with Crippen LogP contribution in [0.2, 0.25) is 0 Å². The second-order valence-corrected chi connectivity index (χ2v) is 6.94. The van der Waals surface area contributed by atoms with Crippen molar-refractivity contribution in [3.63, 3.8) is 0 Å². The molecule has 4 aromatic rings. The minimum atomic E-state index is -0.192. The molecule has 0 aliphatic rings. The molecule has 28 heavy (non-hydrogen) atoms. The first-order valence-electron chi connectivity index (χ1n) is 9.17. The summed E-state index contributed by atoms with van der Waals surface area (Å²) in [4.78, 5) is 19.9. The molecule has 0 N–H and O–H groups in total. The van der Waals surface area contributed by atoms with Crippen LogP contribution in [0.3, 0.4) is 0 Å². The Morgan fingerprint density at radius 2 is 1.93 bits per heavy atom. The van der Waals surface area contributed by atoms with Gasteiger partial charge < -0.3 is 9.32 Å². The van der Waals surface area contributed by atoms with Crippen molar-refractivity contribution < 1.29 is 9.21 Å². The van der Waals surface area contributed by atoms with Gasteiger partial charge in [-0.25, -0.2) is 4.98 Å². The minimum Gasteiger partial charge on any atom is -0.467 e. The van der Waals surface area contributed by atoms with Crippen molar-refractivity contribution in [3.05, 3.63) is 71.8 Å². The predicted octanol–water partition coefficient (Wildman–Crippen LogP) is 4.37. The summed E-state index contributed by atoms with van der Waals surface area (Å²) in [6.45, 7) is 3.85. The zero-order chi connectivity index (χ0) is 19.8. The Kier molecular flexibility index (Phi) is 4.47. The highest BCUT2D eigenvalue weighted by atomic mass is 16.3. The second kappa shape index (κ2) is 6.96. The summed E-state index contributed by atoms with van der Waals surface area (Å²) in [7, 11) is 3.64. The molecular formula is C22H22N4O2. The first kappa shape index (κ1) is 18.0. The standard InChI is InChI=1S/C22H22N4O2/c1-14-20-17(22(27)25(3)15(2)19-11-8-12-28-19)13-18(16-9-6-5-7-10-16)23-21(20)26(4)24-14/h5-13,15H,1-4H3. The zero-order valence-electron chi connectivity index (χ0n) is 16.4. The van der Waals surface area contributed by atoms with E-state index in [0.29, 0.717) is 11.2 Å². The number of nitrogens with zero attached hydrogens (tertiary/aromatic N) is 4. The van der Waals surface area contributed by atoms with Gasteiger partial charge in [-0.15, -0.1) is 0 Å². The van der Waals surface area contributed by atoms with E-state index in [2.05, 4.69) is 5.10 Å². The maximum absolute atomic E-state index is 13.5. The Morgan fingerprint density at radius 1 is 1.18 bits per heavy atom. The molecule has 0 saturated heterocycles. The van der Waals surface area contributed by atoms with Crippen LogP contribution in [0.4, 0.5) is 0 Å². The van der Waals surface area contributed by atoms with Crippen molar-refractivity contribution in [1.82, 2.24) is 19.7 Å². The van der Waals surface area contributed by atoms with Crippen molar-refractivity contribution in [2.45, 2.75) is 19.9 Å². The molecule has 142 valence electrons. The number of amides is 1. The maximum Gasteiger partial charge on any atom is 0.255 e. The number of hydrogen-bond acceptors (Lipinski definition) is 4. The van der Waals surface area contributed by atoms with Crippen LogP contribution in [-0.4, -0.2) is 32.6 Å². The molecule has 0 bridgehead atoms. The van der Waals surface area contributed by atoms with Gasteiger partial charge in [-0.2, -0.15) is 5.10 Å². The van der Waals surface area contributed by atoms with Gasteiger partial charge in [-0.3, -0.25) is 9.48 Å². The van der Waals surface area contributed by atoms with Crippen LogP contribution in [0.5, 0.6) is 0 Å². The van der Waals surface area contributed by atoms with Gasteiger partial charge in [0, 0.05) is 19.7 Å². The fraction of sp³-hybridized carbons (Fsp3) is 0.227. The highest BCUT2D eigenvalue weighted by molar-refractivity contribution is 6.07. The molecule has 1 unspecified atom stereocenters. The molecule has 0 saturated carbocycles. The number of carbonyl (C=O) groups excluding carboxylic acids is 1. The highest BCUT2D eigenvalue weighted by Crippen LogP contribution is 2.29. The summed E-state index contributed by atoms with van der Waals surface area (Å²) in [5.41, 5.74) is 3.78.